The smallest absolute Gasteiger partial charge is 0.273 e. The number of aromatic nitrogens is 3. The number of ether oxygens (including phenoxy) is 1. The number of anilines is 1. The van der Waals surface area contributed by atoms with Gasteiger partial charge in [-0.15, -0.1) is 10.2 Å². The van der Waals surface area contributed by atoms with Crippen molar-refractivity contribution in [2.45, 2.75) is 39.4 Å². The van der Waals surface area contributed by atoms with E-state index < -0.39 is 10.8 Å². The molecule has 11 nitrogen and oxygen atoms in total. The summed E-state index contributed by atoms with van der Waals surface area (Å²) in [5.74, 6) is 0.530. The van der Waals surface area contributed by atoms with Crippen LogP contribution in [0.15, 0.2) is 65.8 Å². The van der Waals surface area contributed by atoms with Crippen molar-refractivity contribution in [1.29, 1.82) is 0 Å². The normalized spacial score (nSPS) is 10.7. The summed E-state index contributed by atoms with van der Waals surface area (Å²) in [5.41, 5.74) is 3.81. The molecule has 0 unspecified atom stereocenters. The summed E-state index contributed by atoms with van der Waals surface area (Å²) in [6.07, 6.45) is 0. The number of aryl methyl sites for hydroxylation is 2. The van der Waals surface area contributed by atoms with Crippen LogP contribution in [0.3, 0.4) is 0 Å². The molecule has 0 aliphatic rings. The monoisotopic (exact) mass is 574 g/mol. The fourth-order valence-corrected chi connectivity index (χ4v) is 4.91. The first kappa shape index (κ1) is 29.3. The van der Waals surface area contributed by atoms with Crippen LogP contribution in [-0.2, 0) is 11.3 Å². The summed E-state index contributed by atoms with van der Waals surface area (Å²) in [6.45, 7) is 7.85. The van der Waals surface area contributed by atoms with Crippen LogP contribution in [-0.4, -0.2) is 43.9 Å². The van der Waals surface area contributed by atoms with Gasteiger partial charge in [0.25, 0.3) is 11.6 Å². The van der Waals surface area contributed by atoms with Gasteiger partial charge in [-0.1, -0.05) is 30.0 Å². The SMILES string of the molecule is CCOc1ccc(-n2c(CNC(=O)c3cccc([N+](=O)[O-])c3C)nnc2SCC(=O)Nc2cc(C)ccc2C)cc1. The molecule has 1 aromatic heterocycles. The number of nitrogens with one attached hydrogen (secondary N) is 2. The van der Waals surface area contributed by atoms with Crippen molar-refractivity contribution >= 4 is 35.0 Å². The van der Waals surface area contributed by atoms with Crippen molar-refractivity contribution in [2.24, 2.45) is 0 Å². The predicted octanol–water partition coefficient (Wildman–Crippen LogP) is 5.16. The second-order valence-corrected chi connectivity index (χ2v) is 10.1. The summed E-state index contributed by atoms with van der Waals surface area (Å²) in [6, 6.07) is 17.5. The number of hydrogen-bond acceptors (Lipinski definition) is 8. The highest BCUT2D eigenvalue weighted by Crippen LogP contribution is 2.25. The van der Waals surface area contributed by atoms with Gasteiger partial charge in [0.1, 0.15) is 5.75 Å². The number of nitrogens with zero attached hydrogens (tertiary/aromatic N) is 4. The molecule has 0 spiro atoms. The number of amides is 2. The number of benzene rings is 3. The molecule has 0 atom stereocenters. The fourth-order valence-electron chi connectivity index (χ4n) is 4.13. The summed E-state index contributed by atoms with van der Waals surface area (Å²) in [4.78, 5) is 36.5. The predicted molar refractivity (Wildman–Crippen MR) is 157 cm³/mol. The molecule has 2 N–H and O–H groups in total. The Morgan fingerprint density at radius 2 is 1.80 bits per heavy atom. The van der Waals surface area contributed by atoms with Crippen LogP contribution in [0, 0.1) is 30.9 Å². The van der Waals surface area contributed by atoms with Crippen LogP contribution < -0.4 is 15.4 Å². The molecule has 4 aromatic rings. The van der Waals surface area contributed by atoms with E-state index in [9.17, 15) is 19.7 Å². The molecule has 3 aromatic carbocycles. The summed E-state index contributed by atoms with van der Waals surface area (Å²) in [7, 11) is 0. The molecule has 0 bridgehead atoms. The lowest BCUT2D eigenvalue weighted by Gasteiger charge is -2.13. The third kappa shape index (κ3) is 7.09. The Hall–Kier alpha value is -4.71. The van der Waals surface area contributed by atoms with Gasteiger partial charge in [-0.3, -0.25) is 24.3 Å². The van der Waals surface area contributed by atoms with Gasteiger partial charge in [-0.25, -0.2) is 0 Å². The molecule has 212 valence electrons. The van der Waals surface area contributed by atoms with Crippen molar-refractivity contribution < 1.29 is 19.2 Å². The van der Waals surface area contributed by atoms with Gasteiger partial charge in [-0.05, 0) is 75.2 Å². The van der Waals surface area contributed by atoms with Crippen LogP contribution in [0.2, 0.25) is 0 Å². The molecule has 0 aliphatic carbocycles. The molecule has 1 heterocycles. The third-order valence-corrected chi connectivity index (χ3v) is 7.19. The Morgan fingerprint density at radius 1 is 1.05 bits per heavy atom. The van der Waals surface area contributed by atoms with E-state index in [2.05, 4.69) is 20.8 Å². The first-order valence-corrected chi connectivity index (χ1v) is 13.9. The average molecular weight is 575 g/mol. The Labute approximate surface area is 241 Å². The Morgan fingerprint density at radius 3 is 2.51 bits per heavy atom. The topological polar surface area (TPSA) is 141 Å². The van der Waals surface area contributed by atoms with E-state index in [-0.39, 0.29) is 35.0 Å². The third-order valence-electron chi connectivity index (χ3n) is 6.26. The molecule has 41 heavy (non-hydrogen) atoms. The maximum atomic E-state index is 13.0. The molecule has 12 heteroatoms. The molecular weight excluding hydrogens is 544 g/mol. The lowest BCUT2D eigenvalue weighted by atomic mass is 10.1. The minimum Gasteiger partial charge on any atom is -0.494 e. The van der Waals surface area contributed by atoms with Crippen LogP contribution in [0.5, 0.6) is 5.75 Å². The first-order chi connectivity index (χ1) is 19.7. The highest BCUT2D eigenvalue weighted by Gasteiger charge is 2.20. The molecule has 2 amide bonds. The fraction of sp³-hybridized carbons (Fsp3) is 0.241. The van der Waals surface area contributed by atoms with Crippen LogP contribution >= 0.6 is 11.8 Å². The minimum absolute atomic E-state index is 0.00355. The van der Waals surface area contributed by atoms with Crippen molar-refractivity contribution in [1.82, 2.24) is 20.1 Å². The van der Waals surface area contributed by atoms with Crippen LogP contribution in [0.4, 0.5) is 11.4 Å². The van der Waals surface area contributed by atoms with Gasteiger partial charge < -0.3 is 15.4 Å². The van der Waals surface area contributed by atoms with Crippen LogP contribution in [0.1, 0.15) is 39.8 Å². The maximum absolute atomic E-state index is 13.0. The Kier molecular flexibility index (Phi) is 9.35. The zero-order valence-corrected chi connectivity index (χ0v) is 23.9. The minimum atomic E-state index is -0.519. The standard InChI is InChI=1S/C29H30N6O5S/c1-5-40-22-13-11-21(12-14-22)34-26(16-30-28(37)23-7-6-8-25(20(23)4)35(38)39)32-33-29(34)41-17-27(36)31-24-15-18(2)9-10-19(24)3/h6-15H,5,16-17H2,1-4H3,(H,30,37)(H,31,36). The molecule has 0 radical (unpaired) electrons. The van der Waals surface area contributed by atoms with Gasteiger partial charge in [0.15, 0.2) is 11.0 Å². The molecule has 4 rings (SSSR count). The zero-order valence-electron chi connectivity index (χ0n) is 23.1. The Balaban J connectivity index is 1.55. The van der Waals surface area contributed by atoms with E-state index in [4.69, 9.17) is 4.74 Å². The van der Waals surface area contributed by atoms with E-state index in [1.165, 1.54) is 36.9 Å². The van der Waals surface area contributed by atoms with Gasteiger partial charge in [0.05, 0.1) is 23.8 Å². The lowest BCUT2D eigenvalue weighted by molar-refractivity contribution is -0.385. The first-order valence-electron chi connectivity index (χ1n) is 12.9. The highest BCUT2D eigenvalue weighted by atomic mass is 32.2. The van der Waals surface area contributed by atoms with Crippen molar-refractivity contribution in [2.75, 3.05) is 17.7 Å². The number of nitro benzene ring substituents is 1. The average Bonchev–Trinajstić information content (AvgIpc) is 3.36. The molecule has 0 saturated heterocycles. The second-order valence-electron chi connectivity index (χ2n) is 9.21. The van der Waals surface area contributed by atoms with Gasteiger partial charge in [0, 0.05) is 28.6 Å². The van der Waals surface area contributed by atoms with E-state index in [1.807, 2.05) is 63.2 Å². The lowest BCUT2D eigenvalue weighted by Crippen LogP contribution is -2.25. The zero-order chi connectivity index (χ0) is 29.5. The number of carbonyl (C=O) groups excluding carboxylic acids is 2. The number of thioether (sulfide) groups is 1. The van der Waals surface area contributed by atoms with E-state index in [1.54, 1.807) is 4.57 Å². The summed E-state index contributed by atoms with van der Waals surface area (Å²) in [5, 5.41) is 26.1. The molecule has 0 fully saturated rings. The van der Waals surface area contributed by atoms with E-state index in [0.29, 0.717) is 29.0 Å². The number of hydrogen-bond donors (Lipinski definition) is 2. The van der Waals surface area contributed by atoms with Gasteiger partial charge in [-0.2, -0.15) is 0 Å². The van der Waals surface area contributed by atoms with Crippen LogP contribution in [0.25, 0.3) is 5.69 Å². The number of carbonyl (C=O) groups is 2. The van der Waals surface area contributed by atoms with Crippen molar-refractivity contribution in [3.63, 3.8) is 0 Å². The molecule has 0 aliphatic heterocycles. The van der Waals surface area contributed by atoms with Crippen molar-refractivity contribution in [3.8, 4) is 11.4 Å². The molecular formula is C29H30N6O5S. The molecule has 0 saturated carbocycles. The number of rotatable bonds is 11. The Bertz CT molecular complexity index is 1590. The second kappa shape index (κ2) is 13.1. The summed E-state index contributed by atoms with van der Waals surface area (Å²) < 4.78 is 7.31. The summed E-state index contributed by atoms with van der Waals surface area (Å²) >= 11 is 1.21. The van der Waals surface area contributed by atoms with E-state index >= 15 is 0 Å². The maximum Gasteiger partial charge on any atom is 0.273 e. The highest BCUT2D eigenvalue weighted by molar-refractivity contribution is 7.99. The number of nitro groups is 1. The van der Waals surface area contributed by atoms with Gasteiger partial charge in [0.2, 0.25) is 5.91 Å². The quantitative estimate of drug-likeness (QED) is 0.142. The largest absolute Gasteiger partial charge is 0.494 e. The van der Waals surface area contributed by atoms with Crippen molar-refractivity contribution in [3.05, 3.63) is 98.9 Å². The van der Waals surface area contributed by atoms with Gasteiger partial charge >= 0.3 is 0 Å². The van der Waals surface area contributed by atoms with E-state index in [0.717, 1.165) is 16.8 Å².